The molecular formula is C14H11N7O5S. The fourth-order valence-corrected chi connectivity index (χ4v) is 3.72. The van der Waals surface area contributed by atoms with E-state index in [-0.39, 0.29) is 28.6 Å². The van der Waals surface area contributed by atoms with Gasteiger partial charge in [0.2, 0.25) is 11.3 Å². The summed E-state index contributed by atoms with van der Waals surface area (Å²) >= 11 is 1.46. The molecule has 0 saturated carbocycles. The van der Waals surface area contributed by atoms with Gasteiger partial charge in [-0.25, -0.2) is 19.4 Å². The van der Waals surface area contributed by atoms with Gasteiger partial charge in [0.1, 0.15) is 6.04 Å². The van der Waals surface area contributed by atoms with Crippen molar-refractivity contribution in [1.29, 1.82) is 0 Å². The molecule has 0 amide bonds. The summed E-state index contributed by atoms with van der Waals surface area (Å²) in [5.41, 5.74) is 0.776. The molecule has 1 unspecified atom stereocenters. The van der Waals surface area contributed by atoms with E-state index >= 15 is 0 Å². The summed E-state index contributed by atoms with van der Waals surface area (Å²) in [5, 5.41) is 30.6. The number of hydrogen-bond donors (Lipinski definition) is 2. The SMILES string of the molecule is O=C(O)C1CSCN1c1nc2nonc2nc1Nc1ccc([N+](=O)[O-])cc1. The third-order valence-electron chi connectivity index (χ3n) is 3.88. The van der Waals surface area contributed by atoms with Crippen LogP contribution in [0.2, 0.25) is 0 Å². The summed E-state index contributed by atoms with van der Waals surface area (Å²) in [4.78, 5) is 32.1. The normalized spacial score (nSPS) is 16.6. The lowest BCUT2D eigenvalue weighted by molar-refractivity contribution is -0.384. The van der Waals surface area contributed by atoms with Crippen molar-refractivity contribution in [3.63, 3.8) is 0 Å². The third kappa shape index (κ3) is 3.19. The van der Waals surface area contributed by atoms with Crippen molar-refractivity contribution in [3.05, 3.63) is 34.4 Å². The molecule has 1 aliphatic rings. The number of nitrogens with one attached hydrogen (secondary N) is 1. The van der Waals surface area contributed by atoms with Crippen LogP contribution in [0, 0.1) is 10.1 Å². The molecule has 138 valence electrons. The number of carboxylic acid groups (broad SMARTS) is 1. The molecule has 3 aromatic rings. The molecule has 12 nitrogen and oxygen atoms in total. The largest absolute Gasteiger partial charge is 0.480 e. The molecule has 2 aromatic heterocycles. The number of nitro groups is 1. The molecule has 2 N–H and O–H groups in total. The van der Waals surface area contributed by atoms with E-state index in [0.717, 1.165) is 0 Å². The molecule has 4 rings (SSSR count). The number of carboxylic acids is 1. The van der Waals surface area contributed by atoms with Crippen LogP contribution in [-0.2, 0) is 4.79 Å². The standard InChI is InChI=1S/C14H11N7O5S/c22-14(23)9-5-27-6-20(9)13-12(16-10-11(17-13)19-26-18-10)15-7-1-3-8(4-2-7)21(24)25/h1-4,9H,5-6H2,(H,22,23)(H,15,16,18). The fraction of sp³-hybridized carbons (Fsp3) is 0.214. The number of thioether (sulfide) groups is 1. The van der Waals surface area contributed by atoms with Crippen LogP contribution in [0.15, 0.2) is 28.9 Å². The summed E-state index contributed by atoms with van der Waals surface area (Å²) in [6.07, 6.45) is 0. The molecule has 1 aromatic carbocycles. The smallest absolute Gasteiger partial charge is 0.327 e. The maximum Gasteiger partial charge on any atom is 0.327 e. The average Bonchev–Trinajstić information content (AvgIpc) is 3.30. The molecule has 1 fully saturated rings. The van der Waals surface area contributed by atoms with Gasteiger partial charge < -0.3 is 15.3 Å². The van der Waals surface area contributed by atoms with Gasteiger partial charge >= 0.3 is 5.97 Å². The van der Waals surface area contributed by atoms with E-state index in [0.29, 0.717) is 17.3 Å². The Morgan fingerprint density at radius 2 is 2.00 bits per heavy atom. The van der Waals surface area contributed by atoms with Gasteiger partial charge in [-0.2, -0.15) is 0 Å². The van der Waals surface area contributed by atoms with Gasteiger partial charge in [-0.3, -0.25) is 10.1 Å². The first-order valence-electron chi connectivity index (χ1n) is 7.62. The minimum Gasteiger partial charge on any atom is -0.480 e. The van der Waals surface area contributed by atoms with E-state index in [2.05, 4.69) is 30.2 Å². The van der Waals surface area contributed by atoms with Crippen LogP contribution < -0.4 is 10.2 Å². The van der Waals surface area contributed by atoms with Crippen LogP contribution in [-0.4, -0.2) is 54.0 Å². The van der Waals surface area contributed by atoms with Gasteiger partial charge in [0.25, 0.3) is 5.69 Å². The molecule has 0 aliphatic carbocycles. The number of nitro benzene ring substituents is 1. The Bertz CT molecular complexity index is 1020. The monoisotopic (exact) mass is 389 g/mol. The summed E-state index contributed by atoms with van der Waals surface area (Å²) in [5.74, 6) is 0.386. The number of carbonyl (C=O) groups is 1. The molecule has 0 spiro atoms. The first-order valence-corrected chi connectivity index (χ1v) is 8.77. The van der Waals surface area contributed by atoms with Gasteiger partial charge in [0.15, 0.2) is 11.6 Å². The Kier molecular flexibility index (Phi) is 4.19. The molecule has 1 atom stereocenters. The van der Waals surface area contributed by atoms with Crippen LogP contribution in [0.3, 0.4) is 0 Å². The van der Waals surface area contributed by atoms with E-state index in [1.807, 2.05) is 0 Å². The average molecular weight is 389 g/mol. The number of non-ortho nitro benzene ring substituents is 1. The maximum absolute atomic E-state index is 11.5. The zero-order valence-electron chi connectivity index (χ0n) is 13.5. The van der Waals surface area contributed by atoms with Crippen molar-refractivity contribution in [1.82, 2.24) is 20.3 Å². The summed E-state index contributed by atoms with van der Waals surface area (Å²) in [7, 11) is 0. The van der Waals surface area contributed by atoms with Crippen molar-refractivity contribution in [3.8, 4) is 0 Å². The first-order chi connectivity index (χ1) is 13.0. The van der Waals surface area contributed by atoms with Crippen molar-refractivity contribution in [2.75, 3.05) is 21.8 Å². The van der Waals surface area contributed by atoms with Gasteiger partial charge in [-0.1, -0.05) is 0 Å². The van der Waals surface area contributed by atoms with Crippen LogP contribution in [0.5, 0.6) is 0 Å². The molecule has 0 radical (unpaired) electrons. The van der Waals surface area contributed by atoms with Gasteiger partial charge in [-0.15, -0.1) is 11.8 Å². The molecule has 0 bridgehead atoms. The number of hydrogen-bond acceptors (Lipinski definition) is 11. The lowest BCUT2D eigenvalue weighted by atomic mass is 10.2. The maximum atomic E-state index is 11.5. The minimum atomic E-state index is -0.971. The highest BCUT2D eigenvalue weighted by Gasteiger charge is 2.34. The van der Waals surface area contributed by atoms with E-state index in [1.54, 1.807) is 4.90 Å². The predicted molar refractivity (Wildman–Crippen MR) is 95.0 cm³/mol. The summed E-state index contributed by atoms with van der Waals surface area (Å²) in [6, 6.07) is 4.96. The highest BCUT2D eigenvalue weighted by Crippen LogP contribution is 2.33. The molecule has 3 heterocycles. The van der Waals surface area contributed by atoms with Gasteiger partial charge in [0.05, 0.1) is 10.8 Å². The quantitative estimate of drug-likeness (QED) is 0.480. The highest BCUT2D eigenvalue weighted by molar-refractivity contribution is 7.99. The second-order valence-electron chi connectivity index (χ2n) is 5.56. The van der Waals surface area contributed by atoms with Crippen molar-refractivity contribution in [2.24, 2.45) is 0 Å². The number of nitrogens with zero attached hydrogens (tertiary/aromatic N) is 6. The van der Waals surface area contributed by atoms with Crippen molar-refractivity contribution in [2.45, 2.75) is 6.04 Å². The Morgan fingerprint density at radius 1 is 1.30 bits per heavy atom. The van der Waals surface area contributed by atoms with Crippen LogP contribution in [0.4, 0.5) is 23.0 Å². The van der Waals surface area contributed by atoms with Crippen molar-refractivity contribution < 1.29 is 19.5 Å². The predicted octanol–water partition coefficient (Wildman–Crippen LogP) is 1.63. The molecule has 27 heavy (non-hydrogen) atoms. The molecule has 13 heteroatoms. The molecule has 1 saturated heterocycles. The van der Waals surface area contributed by atoms with Crippen LogP contribution in [0.1, 0.15) is 0 Å². The first kappa shape index (κ1) is 17.0. The fourth-order valence-electron chi connectivity index (χ4n) is 2.57. The number of benzene rings is 1. The molecular weight excluding hydrogens is 378 g/mol. The number of aliphatic carboxylic acids is 1. The zero-order valence-corrected chi connectivity index (χ0v) is 14.3. The molecule has 1 aliphatic heterocycles. The van der Waals surface area contributed by atoms with E-state index in [9.17, 15) is 20.0 Å². The van der Waals surface area contributed by atoms with E-state index in [4.69, 9.17) is 0 Å². The highest BCUT2D eigenvalue weighted by atomic mass is 32.2. The lowest BCUT2D eigenvalue weighted by Gasteiger charge is -2.23. The van der Waals surface area contributed by atoms with Crippen LogP contribution >= 0.6 is 11.8 Å². The minimum absolute atomic E-state index is 0.0510. The number of aromatic nitrogens is 4. The second kappa shape index (κ2) is 6.68. The Morgan fingerprint density at radius 3 is 2.67 bits per heavy atom. The van der Waals surface area contributed by atoms with Gasteiger partial charge in [0, 0.05) is 23.6 Å². The summed E-state index contributed by atoms with van der Waals surface area (Å²) in [6.45, 7) is 0. The Labute approximate surface area is 154 Å². The number of fused-ring (bicyclic) bond motifs is 1. The number of anilines is 3. The zero-order chi connectivity index (χ0) is 19.0. The van der Waals surface area contributed by atoms with E-state index < -0.39 is 16.9 Å². The van der Waals surface area contributed by atoms with Crippen molar-refractivity contribution >= 4 is 52.0 Å². The Hall–Kier alpha value is -3.48. The third-order valence-corrected chi connectivity index (χ3v) is 4.89. The lowest BCUT2D eigenvalue weighted by Crippen LogP contribution is -2.38. The van der Waals surface area contributed by atoms with E-state index in [1.165, 1.54) is 36.0 Å². The summed E-state index contributed by atoms with van der Waals surface area (Å²) < 4.78 is 4.64. The number of rotatable bonds is 5. The Balaban J connectivity index is 1.74. The second-order valence-corrected chi connectivity index (χ2v) is 6.56. The van der Waals surface area contributed by atoms with Gasteiger partial charge in [-0.05, 0) is 22.4 Å². The topological polar surface area (TPSA) is 160 Å². The van der Waals surface area contributed by atoms with Crippen LogP contribution in [0.25, 0.3) is 11.3 Å².